The lowest BCUT2D eigenvalue weighted by atomic mass is 10.1. The lowest BCUT2D eigenvalue weighted by Crippen LogP contribution is -2.14. The standard InChI is InChI=1S/C26H24N4O2/c1-5-18(3)16-19(6-2)25(31)27-22-14-12-20(13-15-22)23-17-24(30(4)29-23)28-26(32)21-10-8-7-9-11-21/h1,6-17H,2-4H3,(H,27,31)(H,28,32)/b18-16+,19-6+. The highest BCUT2D eigenvalue weighted by atomic mass is 16.2. The molecule has 0 atom stereocenters. The Morgan fingerprint density at radius 2 is 1.75 bits per heavy atom. The molecule has 0 aliphatic carbocycles. The fourth-order valence-electron chi connectivity index (χ4n) is 2.99. The molecular formula is C26H24N4O2. The Hall–Kier alpha value is -4.37. The molecule has 0 aliphatic rings. The minimum Gasteiger partial charge on any atom is -0.322 e. The van der Waals surface area contributed by atoms with Crippen molar-refractivity contribution in [3.63, 3.8) is 0 Å². The van der Waals surface area contributed by atoms with Gasteiger partial charge < -0.3 is 10.6 Å². The minimum atomic E-state index is -0.237. The first-order valence-electron chi connectivity index (χ1n) is 10.0. The Kier molecular flexibility index (Phi) is 7.04. The van der Waals surface area contributed by atoms with E-state index in [1.54, 1.807) is 68.1 Å². The molecule has 0 saturated heterocycles. The van der Waals surface area contributed by atoms with E-state index < -0.39 is 0 Å². The summed E-state index contributed by atoms with van der Waals surface area (Å²) < 4.78 is 1.62. The third-order valence-corrected chi connectivity index (χ3v) is 4.77. The monoisotopic (exact) mass is 424 g/mol. The number of nitrogens with one attached hydrogen (secondary N) is 2. The van der Waals surface area contributed by atoms with Crippen molar-refractivity contribution >= 4 is 23.3 Å². The number of anilines is 2. The normalized spacial score (nSPS) is 11.6. The smallest absolute Gasteiger partial charge is 0.256 e. The fourth-order valence-corrected chi connectivity index (χ4v) is 2.99. The maximum absolute atomic E-state index is 12.5. The lowest BCUT2D eigenvalue weighted by Gasteiger charge is -2.07. The number of amides is 2. The summed E-state index contributed by atoms with van der Waals surface area (Å²) in [6.07, 6.45) is 8.74. The molecule has 1 aromatic heterocycles. The van der Waals surface area contributed by atoms with Crippen LogP contribution in [-0.4, -0.2) is 21.6 Å². The number of hydrogen-bond acceptors (Lipinski definition) is 3. The van der Waals surface area contributed by atoms with Crippen LogP contribution in [-0.2, 0) is 11.8 Å². The summed E-state index contributed by atoms with van der Waals surface area (Å²) in [6.45, 7) is 3.56. The van der Waals surface area contributed by atoms with Crippen LogP contribution in [0.15, 0.2) is 84.0 Å². The van der Waals surface area contributed by atoms with Crippen LogP contribution < -0.4 is 10.6 Å². The van der Waals surface area contributed by atoms with E-state index in [2.05, 4.69) is 21.7 Å². The molecule has 2 N–H and O–H groups in total. The SMILES string of the molecule is C#C/C(C)=C/C(=C\C)C(=O)Nc1ccc(-c2cc(NC(=O)c3ccccc3)n(C)n2)cc1. The van der Waals surface area contributed by atoms with E-state index in [4.69, 9.17) is 6.42 Å². The van der Waals surface area contributed by atoms with Gasteiger partial charge in [-0.15, -0.1) is 6.42 Å². The van der Waals surface area contributed by atoms with Crippen LogP contribution in [0.5, 0.6) is 0 Å². The number of nitrogens with zero attached hydrogens (tertiary/aromatic N) is 2. The Morgan fingerprint density at radius 3 is 2.38 bits per heavy atom. The molecule has 6 heteroatoms. The van der Waals surface area contributed by atoms with E-state index in [9.17, 15) is 9.59 Å². The second-order valence-corrected chi connectivity index (χ2v) is 7.11. The molecule has 1 heterocycles. The zero-order chi connectivity index (χ0) is 23.1. The quantitative estimate of drug-likeness (QED) is 0.339. The molecular weight excluding hydrogens is 400 g/mol. The van der Waals surface area contributed by atoms with Crippen molar-refractivity contribution in [1.82, 2.24) is 9.78 Å². The van der Waals surface area contributed by atoms with Crippen molar-refractivity contribution in [1.29, 1.82) is 0 Å². The van der Waals surface area contributed by atoms with Gasteiger partial charge >= 0.3 is 0 Å². The van der Waals surface area contributed by atoms with Crippen LogP contribution in [0.1, 0.15) is 24.2 Å². The molecule has 0 aliphatic heterocycles. The van der Waals surface area contributed by atoms with E-state index >= 15 is 0 Å². The number of benzene rings is 2. The van der Waals surface area contributed by atoms with Crippen molar-refractivity contribution in [3.8, 4) is 23.6 Å². The molecule has 0 fully saturated rings. The summed E-state index contributed by atoms with van der Waals surface area (Å²) >= 11 is 0. The molecule has 6 nitrogen and oxygen atoms in total. The van der Waals surface area contributed by atoms with Crippen molar-refractivity contribution in [2.75, 3.05) is 10.6 Å². The topological polar surface area (TPSA) is 76.0 Å². The molecule has 2 amide bonds. The number of carbonyl (C=O) groups excluding carboxylic acids is 2. The van der Waals surface area contributed by atoms with Gasteiger partial charge in [-0.3, -0.25) is 14.3 Å². The Morgan fingerprint density at radius 1 is 1.06 bits per heavy atom. The third-order valence-electron chi connectivity index (χ3n) is 4.77. The molecule has 0 saturated carbocycles. The molecule has 2 aromatic carbocycles. The van der Waals surface area contributed by atoms with Gasteiger partial charge in [-0.2, -0.15) is 5.10 Å². The number of aromatic nitrogens is 2. The number of carbonyl (C=O) groups is 2. The van der Waals surface area contributed by atoms with Gasteiger partial charge in [0.25, 0.3) is 11.8 Å². The second kappa shape index (κ2) is 10.1. The first kappa shape index (κ1) is 22.3. The molecule has 32 heavy (non-hydrogen) atoms. The van der Waals surface area contributed by atoms with Gasteiger partial charge in [-0.25, -0.2) is 0 Å². The van der Waals surface area contributed by atoms with Gasteiger partial charge in [0.2, 0.25) is 0 Å². The van der Waals surface area contributed by atoms with Crippen molar-refractivity contribution in [3.05, 3.63) is 89.5 Å². The van der Waals surface area contributed by atoms with Crippen molar-refractivity contribution in [2.45, 2.75) is 13.8 Å². The summed E-state index contributed by atoms with van der Waals surface area (Å²) in [7, 11) is 1.77. The Bertz CT molecular complexity index is 1230. The van der Waals surface area contributed by atoms with Crippen molar-refractivity contribution < 1.29 is 9.59 Å². The first-order valence-corrected chi connectivity index (χ1v) is 10.0. The van der Waals surface area contributed by atoms with Crippen LogP contribution in [0.3, 0.4) is 0 Å². The fraction of sp³-hybridized carbons (Fsp3) is 0.115. The maximum Gasteiger partial charge on any atom is 0.256 e. The number of aryl methyl sites for hydroxylation is 1. The number of allylic oxidation sites excluding steroid dienone is 2. The second-order valence-electron chi connectivity index (χ2n) is 7.11. The van der Waals surface area contributed by atoms with Gasteiger partial charge in [0.15, 0.2) is 0 Å². The summed E-state index contributed by atoms with van der Waals surface area (Å²) in [5.41, 5.74) is 3.95. The summed E-state index contributed by atoms with van der Waals surface area (Å²) in [6, 6.07) is 18.1. The third kappa shape index (κ3) is 5.41. The zero-order valence-corrected chi connectivity index (χ0v) is 18.2. The average molecular weight is 425 g/mol. The van der Waals surface area contributed by atoms with Crippen LogP contribution in [0.25, 0.3) is 11.3 Å². The predicted octanol–water partition coefficient (Wildman–Crippen LogP) is 4.80. The summed E-state index contributed by atoms with van der Waals surface area (Å²) in [5, 5.41) is 10.2. The van der Waals surface area contributed by atoms with E-state index in [-0.39, 0.29) is 11.8 Å². The van der Waals surface area contributed by atoms with Gasteiger partial charge in [-0.1, -0.05) is 42.3 Å². The van der Waals surface area contributed by atoms with E-state index in [0.29, 0.717) is 33.9 Å². The predicted molar refractivity (Wildman–Crippen MR) is 128 cm³/mol. The van der Waals surface area contributed by atoms with Gasteiger partial charge in [-0.05, 0) is 49.8 Å². The highest BCUT2D eigenvalue weighted by Gasteiger charge is 2.12. The van der Waals surface area contributed by atoms with Gasteiger partial charge in [0.05, 0.1) is 5.69 Å². The molecule has 3 aromatic rings. The molecule has 0 spiro atoms. The highest BCUT2D eigenvalue weighted by molar-refractivity contribution is 6.06. The van der Waals surface area contributed by atoms with E-state index in [1.165, 1.54) is 0 Å². The number of rotatable bonds is 6. The molecule has 3 rings (SSSR count). The Balaban J connectivity index is 1.71. The van der Waals surface area contributed by atoms with E-state index in [0.717, 1.165) is 5.56 Å². The first-order chi connectivity index (χ1) is 15.4. The number of hydrogen-bond donors (Lipinski definition) is 2. The molecule has 0 radical (unpaired) electrons. The van der Waals surface area contributed by atoms with Crippen LogP contribution >= 0.6 is 0 Å². The molecule has 160 valence electrons. The number of terminal acetylenes is 1. The lowest BCUT2D eigenvalue weighted by molar-refractivity contribution is -0.112. The summed E-state index contributed by atoms with van der Waals surface area (Å²) in [5.74, 6) is 2.65. The molecule has 0 unspecified atom stereocenters. The van der Waals surface area contributed by atoms with Crippen LogP contribution in [0, 0.1) is 12.3 Å². The average Bonchev–Trinajstić information content (AvgIpc) is 3.18. The maximum atomic E-state index is 12.5. The minimum absolute atomic E-state index is 0.202. The molecule has 0 bridgehead atoms. The van der Waals surface area contributed by atoms with E-state index in [1.807, 2.05) is 30.3 Å². The Labute approximate surface area is 187 Å². The zero-order valence-electron chi connectivity index (χ0n) is 18.2. The van der Waals surface area contributed by atoms with Gasteiger partial charge in [0.1, 0.15) is 5.82 Å². The highest BCUT2D eigenvalue weighted by Crippen LogP contribution is 2.24. The largest absolute Gasteiger partial charge is 0.322 e. The van der Waals surface area contributed by atoms with Crippen LogP contribution in [0.2, 0.25) is 0 Å². The summed E-state index contributed by atoms with van der Waals surface area (Å²) in [4.78, 5) is 24.9. The van der Waals surface area contributed by atoms with Crippen LogP contribution in [0.4, 0.5) is 11.5 Å². The van der Waals surface area contributed by atoms with Gasteiger partial charge in [0, 0.05) is 35.5 Å². The van der Waals surface area contributed by atoms with Crippen molar-refractivity contribution in [2.24, 2.45) is 7.05 Å².